The first-order valence-corrected chi connectivity index (χ1v) is 6.69. The monoisotopic (exact) mass is 324 g/mol. The fourth-order valence-corrected chi connectivity index (χ4v) is 1.95. The van der Waals surface area contributed by atoms with Crippen LogP contribution in [0, 0.1) is 0 Å². The van der Waals surface area contributed by atoms with Crippen LogP contribution in [0.5, 0.6) is 5.75 Å². The Hall–Kier alpha value is -2.70. The Morgan fingerprint density at radius 3 is 2.39 bits per heavy atom. The highest BCUT2D eigenvalue weighted by atomic mass is 19.4. The number of hydrogen-bond acceptors (Lipinski definition) is 3. The Morgan fingerprint density at radius 2 is 1.83 bits per heavy atom. The number of carbonyl (C=O) groups is 1. The highest BCUT2D eigenvalue weighted by Gasteiger charge is 2.29. The quantitative estimate of drug-likeness (QED) is 0.849. The Morgan fingerprint density at radius 1 is 1.17 bits per heavy atom. The summed E-state index contributed by atoms with van der Waals surface area (Å²) in [5, 5.41) is 2.63. The van der Waals surface area contributed by atoms with E-state index < -0.39 is 11.7 Å². The predicted octanol–water partition coefficient (Wildman–Crippen LogP) is 3.23. The maximum Gasteiger partial charge on any atom is 0.416 e. The van der Waals surface area contributed by atoms with Crippen LogP contribution >= 0.6 is 0 Å². The number of ether oxygens (including phenoxy) is 1. The molecule has 0 saturated carbocycles. The summed E-state index contributed by atoms with van der Waals surface area (Å²) in [6.45, 7) is 0.115. The summed E-state index contributed by atoms with van der Waals surface area (Å²) < 4.78 is 42.4. The molecule has 0 radical (unpaired) electrons. The molecule has 23 heavy (non-hydrogen) atoms. The lowest BCUT2D eigenvalue weighted by molar-refractivity contribution is -0.137. The van der Waals surface area contributed by atoms with E-state index in [4.69, 9.17) is 10.5 Å². The van der Waals surface area contributed by atoms with Crippen molar-refractivity contribution in [2.45, 2.75) is 12.7 Å². The van der Waals surface area contributed by atoms with Crippen molar-refractivity contribution in [1.29, 1.82) is 0 Å². The third kappa shape index (κ3) is 4.15. The molecule has 2 rings (SSSR count). The second-order valence-electron chi connectivity index (χ2n) is 4.83. The lowest BCUT2D eigenvalue weighted by Crippen LogP contribution is -2.23. The average Bonchev–Trinajstić information content (AvgIpc) is 2.52. The molecule has 0 aliphatic heterocycles. The fraction of sp³-hybridized carbons (Fsp3) is 0.188. The summed E-state index contributed by atoms with van der Waals surface area (Å²) in [5.74, 6) is 0.00961. The molecule has 4 nitrogen and oxygen atoms in total. The standard InChI is InChI=1S/C16H15F3N2O2/c1-23-14-8-11(4-7-13(14)20)15(22)21-9-10-2-5-12(6-3-10)16(17,18)19/h2-8H,9,20H2,1H3,(H,21,22). The number of carbonyl (C=O) groups excluding carboxylic acids is 1. The minimum absolute atomic E-state index is 0.115. The first kappa shape index (κ1) is 16.7. The van der Waals surface area contributed by atoms with Gasteiger partial charge in [-0.1, -0.05) is 12.1 Å². The van der Waals surface area contributed by atoms with Gasteiger partial charge in [0, 0.05) is 12.1 Å². The predicted molar refractivity (Wildman–Crippen MR) is 80.0 cm³/mol. The van der Waals surface area contributed by atoms with Crippen molar-refractivity contribution in [2.24, 2.45) is 0 Å². The largest absolute Gasteiger partial charge is 0.495 e. The van der Waals surface area contributed by atoms with Crippen LogP contribution in [0.2, 0.25) is 0 Å². The number of alkyl halides is 3. The third-order valence-corrected chi connectivity index (χ3v) is 3.23. The van der Waals surface area contributed by atoms with Crippen molar-refractivity contribution in [3.8, 4) is 5.75 Å². The van der Waals surface area contributed by atoms with Crippen molar-refractivity contribution in [3.05, 3.63) is 59.2 Å². The van der Waals surface area contributed by atoms with E-state index in [1.54, 1.807) is 12.1 Å². The highest BCUT2D eigenvalue weighted by molar-refractivity contribution is 5.95. The molecule has 122 valence electrons. The van der Waals surface area contributed by atoms with Gasteiger partial charge in [-0.25, -0.2) is 0 Å². The molecule has 7 heteroatoms. The van der Waals surface area contributed by atoms with Crippen LogP contribution in [0.25, 0.3) is 0 Å². The summed E-state index contributed by atoms with van der Waals surface area (Å²) in [6, 6.07) is 9.20. The van der Waals surface area contributed by atoms with Crippen LogP contribution in [0.15, 0.2) is 42.5 Å². The number of nitrogens with two attached hydrogens (primary N) is 1. The van der Waals surface area contributed by atoms with Crippen LogP contribution in [0.3, 0.4) is 0 Å². The van der Waals surface area contributed by atoms with Crippen LogP contribution in [0.1, 0.15) is 21.5 Å². The van der Waals surface area contributed by atoms with E-state index in [9.17, 15) is 18.0 Å². The Labute approximate surface area is 131 Å². The normalized spacial score (nSPS) is 11.1. The highest BCUT2D eigenvalue weighted by Crippen LogP contribution is 2.29. The number of benzene rings is 2. The fourth-order valence-electron chi connectivity index (χ4n) is 1.95. The zero-order valence-corrected chi connectivity index (χ0v) is 12.3. The molecule has 1 amide bonds. The lowest BCUT2D eigenvalue weighted by atomic mass is 10.1. The molecular weight excluding hydrogens is 309 g/mol. The topological polar surface area (TPSA) is 64.3 Å². The molecule has 0 aliphatic rings. The van der Waals surface area contributed by atoms with Crippen LogP contribution in [0.4, 0.5) is 18.9 Å². The minimum Gasteiger partial charge on any atom is -0.495 e. The van der Waals surface area contributed by atoms with E-state index in [-0.39, 0.29) is 12.5 Å². The maximum absolute atomic E-state index is 12.5. The van der Waals surface area contributed by atoms with Crippen molar-refractivity contribution in [1.82, 2.24) is 5.32 Å². The van der Waals surface area contributed by atoms with E-state index in [1.807, 2.05) is 0 Å². The second kappa shape index (κ2) is 6.60. The number of halogens is 3. The molecule has 0 spiro atoms. The van der Waals surface area contributed by atoms with E-state index in [2.05, 4.69) is 5.32 Å². The lowest BCUT2D eigenvalue weighted by Gasteiger charge is -2.10. The molecule has 3 N–H and O–H groups in total. The Balaban J connectivity index is 2.02. The number of anilines is 1. The minimum atomic E-state index is -4.37. The third-order valence-electron chi connectivity index (χ3n) is 3.23. The first-order chi connectivity index (χ1) is 10.8. The Bertz CT molecular complexity index is 697. The molecule has 2 aromatic rings. The number of hydrogen-bond donors (Lipinski definition) is 2. The molecule has 0 saturated heterocycles. The van der Waals surface area contributed by atoms with Crippen LogP contribution < -0.4 is 15.8 Å². The van der Waals surface area contributed by atoms with E-state index in [1.165, 1.54) is 25.3 Å². The van der Waals surface area contributed by atoms with Gasteiger partial charge in [-0.2, -0.15) is 13.2 Å². The van der Waals surface area contributed by atoms with E-state index in [0.29, 0.717) is 22.6 Å². The molecule has 0 fully saturated rings. The second-order valence-corrected chi connectivity index (χ2v) is 4.83. The number of methoxy groups -OCH3 is 1. The zero-order valence-electron chi connectivity index (χ0n) is 12.3. The van der Waals surface area contributed by atoms with Crippen molar-refractivity contribution >= 4 is 11.6 Å². The number of rotatable bonds is 4. The summed E-state index contributed by atoms with van der Waals surface area (Å²) in [6.07, 6.45) is -4.37. The van der Waals surface area contributed by atoms with Gasteiger partial charge in [0.2, 0.25) is 0 Å². The maximum atomic E-state index is 12.5. The molecule has 0 aliphatic carbocycles. The van der Waals surface area contributed by atoms with Gasteiger partial charge in [0.05, 0.1) is 18.4 Å². The molecule has 2 aromatic carbocycles. The number of amides is 1. The average molecular weight is 324 g/mol. The zero-order chi connectivity index (χ0) is 17.0. The van der Waals surface area contributed by atoms with Gasteiger partial charge >= 0.3 is 6.18 Å². The molecule has 0 unspecified atom stereocenters. The summed E-state index contributed by atoms with van der Waals surface area (Å²) in [4.78, 5) is 12.0. The molecule has 0 aromatic heterocycles. The summed E-state index contributed by atoms with van der Waals surface area (Å²) in [7, 11) is 1.44. The SMILES string of the molecule is COc1cc(C(=O)NCc2ccc(C(F)(F)F)cc2)ccc1N. The summed E-state index contributed by atoms with van der Waals surface area (Å²) >= 11 is 0. The Kier molecular flexibility index (Phi) is 4.78. The van der Waals surface area contributed by atoms with Gasteiger partial charge in [-0.05, 0) is 35.9 Å². The smallest absolute Gasteiger partial charge is 0.416 e. The summed E-state index contributed by atoms with van der Waals surface area (Å²) in [5.41, 5.74) is 6.26. The van der Waals surface area contributed by atoms with Gasteiger partial charge < -0.3 is 15.8 Å². The van der Waals surface area contributed by atoms with Crippen molar-refractivity contribution < 1.29 is 22.7 Å². The van der Waals surface area contributed by atoms with Gasteiger partial charge in [0.1, 0.15) is 5.75 Å². The molecule has 0 bridgehead atoms. The molecule has 0 atom stereocenters. The van der Waals surface area contributed by atoms with Crippen LogP contribution in [-0.4, -0.2) is 13.0 Å². The molecule has 0 heterocycles. The molecular formula is C16H15F3N2O2. The van der Waals surface area contributed by atoms with Gasteiger partial charge in [-0.15, -0.1) is 0 Å². The van der Waals surface area contributed by atoms with Gasteiger partial charge in [0.15, 0.2) is 0 Å². The number of nitrogens with one attached hydrogen (secondary N) is 1. The van der Waals surface area contributed by atoms with Crippen LogP contribution in [-0.2, 0) is 12.7 Å². The van der Waals surface area contributed by atoms with Gasteiger partial charge in [0.25, 0.3) is 5.91 Å². The van der Waals surface area contributed by atoms with E-state index >= 15 is 0 Å². The van der Waals surface area contributed by atoms with E-state index in [0.717, 1.165) is 12.1 Å². The van der Waals surface area contributed by atoms with Crippen molar-refractivity contribution in [2.75, 3.05) is 12.8 Å². The first-order valence-electron chi connectivity index (χ1n) is 6.69. The number of nitrogen functional groups attached to an aromatic ring is 1. The van der Waals surface area contributed by atoms with Crippen molar-refractivity contribution in [3.63, 3.8) is 0 Å². The van der Waals surface area contributed by atoms with Gasteiger partial charge in [-0.3, -0.25) is 4.79 Å².